The fraction of sp³-hybridized carbons (Fsp3) is 0.357. The van der Waals surface area contributed by atoms with E-state index in [1.54, 1.807) is 6.07 Å². The van der Waals surface area contributed by atoms with E-state index in [-0.39, 0.29) is 12.5 Å². The summed E-state index contributed by atoms with van der Waals surface area (Å²) in [6.45, 7) is 2.85. The van der Waals surface area contributed by atoms with Crippen LogP contribution in [0.1, 0.15) is 34.6 Å². The van der Waals surface area contributed by atoms with Gasteiger partial charge >= 0.3 is 0 Å². The van der Waals surface area contributed by atoms with Crippen LogP contribution in [0.15, 0.2) is 22.6 Å². The molecule has 0 saturated heterocycles. The highest BCUT2D eigenvalue weighted by Gasteiger charge is 2.15. The summed E-state index contributed by atoms with van der Waals surface area (Å²) in [6.07, 6.45) is 1.53. The third-order valence-corrected chi connectivity index (χ3v) is 3.16. The Morgan fingerprint density at radius 3 is 3.00 bits per heavy atom. The molecule has 2 aromatic rings. The van der Waals surface area contributed by atoms with Crippen LogP contribution in [0, 0.1) is 0 Å². The number of hydrogen-bond donors (Lipinski definition) is 1. The van der Waals surface area contributed by atoms with Crippen LogP contribution in [0.5, 0.6) is 5.75 Å². The minimum atomic E-state index is -0.157. The molecule has 0 atom stereocenters. The first-order valence-corrected chi connectivity index (χ1v) is 6.61. The lowest BCUT2D eigenvalue weighted by molar-refractivity contribution is 0.0947. The Kier molecular flexibility index (Phi) is 3.37. The molecule has 104 valence electrons. The molecule has 0 unspecified atom stereocenters. The second-order valence-corrected chi connectivity index (χ2v) is 4.55. The predicted molar refractivity (Wildman–Crippen MR) is 70.5 cm³/mol. The van der Waals surface area contributed by atoms with Crippen molar-refractivity contribution in [1.82, 2.24) is 15.5 Å². The van der Waals surface area contributed by atoms with E-state index in [9.17, 15) is 4.79 Å². The summed E-state index contributed by atoms with van der Waals surface area (Å²) in [7, 11) is 0. The third-order valence-electron chi connectivity index (χ3n) is 3.16. The number of fused-ring (bicyclic) bond motifs is 1. The number of aromatic nitrogens is 2. The molecule has 1 amide bonds. The maximum Gasteiger partial charge on any atom is 0.251 e. The number of ether oxygens (including phenoxy) is 1. The molecule has 1 aliphatic rings. The minimum Gasteiger partial charge on any atom is -0.493 e. The van der Waals surface area contributed by atoms with Gasteiger partial charge in [-0.25, -0.2) is 0 Å². The molecule has 0 saturated carbocycles. The van der Waals surface area contributed by atoms with Gasteiger partial charge in [-0.1, -0.05) is 6.92 Å². The van der Waals surface area contributed by atoms with Crippen molar-refractivity contribution in [1.29, 1.82) is 0 Å². The average molecular weight is 273 g/mol. The van der Waals surface area contributed by atoms with E-state index in [1.807, 2.05) is 19.1 Å². The van der Waals surface area contributed by atoms with E-state index in [4.69, 9.17) is 9.15 Å². The zero-order valence-corrected chi connectivity index (χ0v) is 11.2. The molecule has 0 radical (unpaired) electrons. The molecule has 3 rings (SSSR count). The summed E-state index contributed by atoms with van der Waals surface area (Å²) in [5.74, 6) is 1.70. The first-order chi connectivity index (χ1) is 9.76. The van der Waals surface area contributed by atoms with Crippen LogP contribution >= 0.6 is 0 Å². The van der Waals surface area contributed by atoms with Crippen LogP contribution in [-0.4, -0.2) is 22.7 Å². The lowest BCUT2D eigenvalue weighted by atomic mass is 10.1. The summed E-state index contributed by atoms with van der Waals surface area (Å²) >= 11 is 0. The highest BCUT2D eigenvalue weighted by atomic mass is 16.5. The molecule has 20 heavy (non-hydrogen) atoms. The normalized spacial score (nSPS) is 12.8. The average Bonchev–Trinajstić information content (AvgIpc) is 3.12. The standard InChI is InChI=1S/C14H15N3O3/c1-2-12-16-17-13(20-12)8-15-14(18)10-3-4-11-9(7-10)5-6-19-11/h3-4,7H,2,5-6,8H2,1H3,(H,15,18). The van der Waals surface area contributed by atoms with Crippen LogP contribution in [0.2, 0.25) is 0 Å². The van der Waals surface area contributed by atoms with E-state index in [2.05, 4.69) is 15.5 Å². The second-order valence-electron chi connectivity index (χ2n) is 4.55. The van der Waals surface area contributed by atoms with Gasteiger partial charge < -0.3 is 14.5 Å². The van der Waals surface area contributed by atoms with Gasteiger partial charge in [-0.3, -0.25) is 4.79 Å². The Labute approximate surface area is 116 Å². The summed E-state index contributed by atoms with van der Waals surface area (Å²) in [4.78, 5) is 12.1. The van der Waals surface area contributed by atoms with Crippen LogP contribution in [-0.2, 0) is 19.4 Å². The lowest BCUT2D eigenvalue weighted by Gasteiger charge is -2.04. The molecular weight excluding hydrogens is 258 g/mol. The van der Waals surface area contributed by atoms with Crippen molar-refractivity contribution in [3.8, 4) is 5.75 Å². The van der Waals surface area contributed by atoms with Crippen molar-refractivity contribution < 1.29 is 13.9 Å². The van der Waals surface area contributed by atoms with Crippen molar-refractivity contribution in [2.24, 2.45) is 0 Å². The predicted octanol–water partition coefficient (Wildman–Crippen LogP) is 1.50. The van der Waals surface area contributed by atoms with Crippen LogP contribution in [0.25, 0.3) is 0 Å². The van der Waals surface area contributed by atoms with Crippen molar-refractivity contribution in [2.45, 2.75) is 26.3 Å². The number of benzene rings is 1. The number of nitrogens with zero attached hydrogens (tertiary/aromatic N) is 2. The topological polar surface area (TPSA) is 77.2 Å². The highest BCUT2D eigenvalue weighted by molar-refractivity contribution is 5.94. The minimum absolute atomic E-state index is 0.157. The number of amides is 1. The Morgan fingerprint density at radius 1 is 1.35 bits per heavy atom. The molecule has 0 aliphatic carbocycles. The largest absolute Gasteiger partial charge is 0.493 e. The number of aryl methyl sites for hydroxylation is 1. The van der Waals surface area contributed by atoms with Crippen molar-refractivity contribution in [2.75, 3.05) is 6.61 Å². The van der Waals surface area contributed by atoms with Gasteiger partial charge in [0.05, 0.1) is 13.2 Å². The monoisotopic (exact) mass is 273 g/mol. The Bertz CT molecular complexity index is 636. The quantitative estimate of drug-likeness (QED) is 0.913. The van der Waals surface area contributed by atoms with E-state index in [1.165, 1.54) is 0 Å². The first-order valence-electron chi connectivity index (χ1n) is 6.61. The smallest absolute Gasteiger partial charge is 0.251 e. The van der Waals surface area contributed by atoms with Gasteiger partial charge in [0.1, 0.15) is 5.75 Å². The van der Waals surface area contributed by atoms with E-state index in [0.29, 0.717) is 30.4 Å². The van der Waals surface area contributed by atoms with Crippen molar-refractivity contribution in [3.05, 3.63) is 41.1 Å². The molecule has 1 N–H and O–H groups in total. The zero-order chi connectivity index (χ0) is 13.9. The Morgan fingerprint density at radius 2 is 2.20 bits per heavy atom. The highest BCUT2D eigenvalue weighted by Crippen LogP contribution is 2.25. The fourth-order valence-corrected chi connectivity index (χ4v) is 2.09. The lowest BCUT2D eigenvalue weighted by Crippen LogP contribution is -2.23. The molecule has 1 aliphatic heterocycles. The van der Waals surface area contributed by atoms with Crippen LogP contribution in [0.3, 0.4) is 0 Å². The van der Waals surface area contributed by atoms with E-state index >= 15 is 0 Å². The molecule has 0 spiro atoms. The maximum atomic E-state index is 12.1. The molecule has 6 nitrogen and oxygen atoms in total. The van der Waals surface area contributed by atoms with E-state index in [0.717, 1.165) is 17.7 Å². The summed E-state index contributed by atoms with van der Waals surface area (Å²) < 4.78 is 10.7. The Hall–Kier alpha value is -2.37. The van der Waals surface area contributed by atoms with Crippen LogP contribution in [0.4, 0.5) is 0 Å². The van der Waals surface area contributed by atoms with Gasteiger partial charge in [-0.15, -0.1) is 10.2 Å². The molecule has 6 heteroatoms. The fourth-order valence-electron chi connectivity index (χ4n) is 2.09. The van der Waals surface area contributed by atoms with Crippen molar-refractivity contribution >= 4 is 5.91 Å². The molecule has 0 fully saturated rings. The molecule has 0 bridgehead atoms. The van der Waals surface area contributed by atoms with E-state index < -0.39 is 0 Å². The van der Waals surface area contributed by atoms with Crippen molar-refractivity contribution in [3.63, 3.8) is 0 Å². The van der Waals surface area contributed by atoms with Gasteiger partial charge in [0, 0.05) is 18.4 Å². The maximum absolute atomic E-state index is 12.1. The summed E-state index contributed by atoms with van der Waals surface area (Å²) in [5.41, 5.74) is 1.69. The van der Waals surface area contributed by atoms with Gasteiger partial charge in [-0.05, 0) is 23.8 Å². The molecular formula is C14H15N3O3. The number of carbonyl (C=O) groups is 1. The molecule has 1 aromatic carbocycles. The number of carbonyl (C=O) groups excluding carboxylic acids is 1. The molecule has 2 heterocycles. The molecule has 1 aromatic heterocycles. The second kappa shape index (κ2) is 5.32. The number of nitrogens with one attached hydrogen (secondary N) is 1. The van der Waals surface area contributed by atoms with Gasteiger partial charge in [0.15, 0.2) is 0 Å². The number of hydrogen-bond acceptors (Lipinski definition) is 5. The summed E-state index contributed by atoms with van der Waals surface area (Å²) in [5, 5.41) is 10.5. The Balaban J connectivity index is 1.64. The summed E-state index contributed by atoms with van der Waals surface area (Å²) in [6, 6.07) is 5.45. The van der Waals surface area contributed by atoms with Gasteiger partial charge in [-0.2, -0.15) is 0 Å². The third kappa shape index (κ3) is 2.49. The zero-order valence-electron chi connectivity index (χ0n) is 11.2. The first kappa shape index (κ1) is 12.7. The SMILES string of the molecule is CCc1nnc(CNC(=O)c2ccc3c(c2)CCO3)o1. The van der Waals surface area contributed by atoms with Crippen LogP contribution < -0.4 is 10.1 Å². The van der Waals surface area contributed by atoms with Gasteiger partial charge in [0.25, 0.3) is 5.91 Å². The number of rotatable bonds is 4. The van der Waals surface area contributed by atoms with Gasteiger partial charge in [0.2, 0.25) is 11.8 Å².